The fraction of sp³-hybridized carbons (Fsp3) is 0.240. The van der Waals surface area contributed by atoms with Gasteiger partial charge in [0, 0.05) is 35.4 Å². The molecule has 0 aliphatic carbocycles. The van der Waals surface area contributed by atoms with Crippen LogP contribution < -0.4 is 0 Å². The molecule has 0 heterocycles. The Labute approximate surface area is 236 Å². The molecule has 0 aliphatic heterocycles. The maximum atomic E-state index is 12.7. The highest BCUT2D eigenvalue weighted by Gasteiger charge is 2.36. The highest BCUT2D eigenvalue weighted by molar-refractivity contribution is 7.85. The summed E-state index contributed by atoms with van der Waals surface area (Å²) in [5.41, 5.74) is -1.40. The first-order valence-corrected chi connectivity index (χ1v) is 12.8. The van der Waals surface area contributed by atoms with Crippen LogP contribution in [0.5, 0.6) is 0 Å². The zero-order chi connectivity index (χ0) is 30.9. The summed E-state index contributed by atoms with van der Waals surface area (Å²) in [6.45, 7) is 1.84. The van der Waals surface area contributed by atoms with E-state index in [1.165, 1.54) is 44.6 Å². The van der Waals surface area contributed by atoms with Crippen LogP contribution in [0, 0.1) is 6.92 Å². The highest BCUT2D eigenvalue weighted by atomic mass is 35.5. The number of rotatable bonds is 5. The smallest absolute Gasteiger partial charge is 0.352 e. The van der Waals surface area contributed by atoms with Gasteiger partial charge in [-0.3, -0.25) is 9.35 Å². The molecule has 220 valence electrons. The SMILES string of the molecule is COC(OC)c1ccc(Cl)cc1C(F)(F)F.Cc1ccc(S(=O)(=O)O)cc1.O=Cc1ccc(Cl)cc1C(F)(F)F. The number of hydrogen-bond acceptors (Lipinski definition) is 5. The minimum Gasteiger partial charge on any atom is -0.352 e. The molecule has 0 aliphatic rings. The molecule has 0 atom stereocenters. The average Bonchev–Trinajstić information content (AvgIpc) is 2.85. The Morgan fingerprint density at radius 2 is 1.25 bits per heavy atom. The van der Waals surface area contributed by atoms with Crippen LogP contribution in [-0.2, 0) is 31.9 Å². The molecule has 0 saturated heterocycles. The first kappa shape index (κ1) is 35.3. The third kappa shape index (κ3) is 11.1. The fourth-order valence-corrected chi connectivity index (χ4v) is 3.74. The normalized spacial score (nSPS) is 11.7. The molecule has 0 aromatic heterocycles. The van der Waals surface area contributed by atoms with E-state index in [0.717, 1.165) is 23.8 Å². The van der Waals surface area contributed by atoms with Gasteiger partial charge in [0.15, 0.2) is 12.6 Å². The highest BCUT2D eigenvalue weighted by Crippen LogP contribution is 2.37. The minimum atomic E-state index is -4.54. The number of aldehydes is 1. The van der Waals surface area contributed by atoms with Gasteiger partial charge in [-0.1, -0.05) is 47.0 Å². The molecule has 3 aromatic carbocycles. The van der Waals surface area contributed by atoms with E-state index in [-0.39, 0.29) is 26.8 Å². The predicted octanol–water partition coefficient (Wildman–Crippen LogP) is 8.06. The van der Waals surface area contributed by atoms with Gasteiger partial charge < -0.3 is 9.47 Å². The van der Waals surface area contributed by atoms with Crippen LogP contribution in [0.25, 0.3) is 0 Å². The van der Waals surface area contributed by atoms with E-state index in [1.807, 2.05) is 6.92 Å². The second kappa shape index (κ2) is 14.8. The summed E-state index contributed by atoms with van der Waals surface area (Å²) in [5, 5.41) is -0.0278. The quantitative estimate of drug-likeness (QED) is 0.132. The Morgan fingerprint density at radius 1 is 0.800 bits per heavy atom. The fourth-order valence-electron chi connectivity index (χ4n) is 2.92. The monoisotopic (exact) mass is 634 g/mol. The van der Waals surface area contributed by atoms with E-state index in [2.05, 4.69) is 0 Å². The maximum absolute atomic E-state index is 12.7. The van der Waals surface area contributed by atoms with E-state index in [9.17, 15) is 39.6 Å². The lowest BCUT2D eigenvalue weighted by molar-refractivity contribution is -0.147. The third-order valence-electron chi connectivity index (χ3n) is 4.77. The van der Waals surface area contributed by atoms with Gasteiger partial charge in [-0.05, 0) is 49.4 Å². The Balaban J connectivity index is 0.000000305. The van der Waals surface area contributed by atoms with Crippen molar-refractivity contribution in [1.82, 2.24) is 0 Å². The van der Waals surface area contributed by atoms with Crippen LogP contribution in [0.2, 0.25) is 10.0 Å². The van der Waals surface area contributed by atoms with E-state index in [4.69, 9.17) is 37.2 Å². The number of methoxy groups -OCH3 is 2. The zero-order valence-corrected chi connectivity index (χ0v) is 23.2. The van der Waals surface area contributed by atoms with Crippen LogP contribution in [0.1, 0.15) is 38.9 Å². The second-order valence-corrected chi connectivity index (χ2v) is 9.96. The van der Waals surface area contributed by atoms with Gasteiger partial charge in [-0.15, -0.1) is 0 Å². The summed E-state index contributed by atoms with van der Waals surface area (Å²) in [4.78, 5) is 10.2. The first-order chi connectivity index (χ1) is 18.3. The van der Waals surface area contributed by atoms with E-state index in [1.54, 1.807) is 12.1 Å². The lowest BCUT2D eigenvalue weighted by atomic mass is 10.1. The number of halogens is 8. The number of carbonyl (C=O) groups excluding carboxylic acids is 1. The van der Waals surface area contributed by atoms with Crippen molar-refractivity contribution in [3.8, 4) is 0 Å². The number of carbonyl (C=O) groups is 1. The molecule has 0 bridgehead atoms. The lowest BCUT2D eigenvalue weighted by Gasteiger charge is -2.19. The Hall–Kier alpha value is -2.68. The van der Waals surface area contributed by atoms with Gasteiger partial charge in [0.25, 0.3) is 10.1 Å². The summed E-state index contributed by atoms with van der Waals surface area (Å²) >= 11 is 10.9. The van der Waals surface area contributed by atoms with E-state index >= 15 is 0 Å². The number of alkyl halides is 6. The third-order valence-corrected chi connectivity index (χ3v) is 6.11. The minimum absolute atomic E-state index is 0.0158. The molecule has 1 N–H and O–H groups in total. The summed E-state index contributed by atoms with van der Waals surface area (Å²) < 4.78 is 114. The molecule has 3 aromatic rings. The number of aryl methyl sites for hydroxylation is 1. The lowest BCUT2D eigenvalue weighted by Crippen LogP contribution is -2.14. The molecule has 15 heteroatoms. The molecular weight excluding hydrogens is 613 g/mol. The van der Waals surface area contributed by atoms with Crippen molar-refractivity contribution in [1.29, 1.82) is 0 Å². The summed E-state index contributed by atoms with van der Waals surface area (Å²) in [6, 6.07) is 12.4. The standard InChI is InChI=1S/C10H10ClF3O2.C8H4ClF3O.C7H8O3S/c1-15-9(16-2)7-4-3-6(11)5-8(7)10(12,13)14;9-6-2-1-5(4-13)7(3-6)8(10,11)12;1-6-2-4-7(5-3-6)11(8,9)10/h3-5,9H,1-2H3;1-4H;2-5H,1H3,(H,8,9,10). The van der Waals surface area contributed by atoms with Gasteiger partial charge in [0.2, 0.25) is 0 Å². The average molecular weight is 635 g/mol. The molecule has 0 amide bonds. The van der Waals surface area contributed by atoms with Crippen LogP contribution in [0.3, 0.4) is 0 Å². The number of hydrogen-bond donors (Lipinski definition) is 1. The van der Waals surface area contributed by atoms with Crippen LogP contribution in [0.15, 0.2) is 65.6 Å². The molecule has 0 radical (unpaired) electrons. The molecule has 0 saturated carbocycles. The zero-order valence-electron chi connectivity index (χ0n) is 20.8. The summed E-state index contributed by atoms with van der Waals surface area (Å²) in [5.74, 6) is 0. The van der Waals surface area contributed by atoms with Crippen molar-refractivity contribution in [3.63, 3.8) is 0 Å². The van der Waals surface area contributed by atoms with Crippen molar-refractivity contribution < 1.29 is 53.6 Å². The molecular formula is C25H22Cl2F6O6S. The number of benzene rings is 3. The Bertz CT molecular complexity index is 1370. The number of ether oxygens (including phenoxy) is 2. The molecule has 6 nitrogen and oxygen atoms in total. The Morgan fingerprint density at radius 3 is 1.65 bits per heavy atom. The van der Waals surface area contributed by atoms with Gasteiger partial charge >= 0.3 is 12.4 Å². The largest absolute Gasteiger partial charge is 0.417 e. The second-order valence-electron chi connectivity index (χ2n) is 7.67. The van der Waals surface area contributed by atoms with Crippen molar-refractivity contribution in [3.05, 3.63) is 98.5 Å². The van der Waals surface area contributed by atoms with Gasteiger partial charge in [0.1, 0.15) is 0 Å². The van der Waals surface area contributed by atoms with Gasteiger partial charge in [-0.25, -0.2) is 0 Å². The molecule has 3 rings (SSSR count). The maximum Gasteiger partial charge on any atom is 0.417 e. The van der Waals surface area contributed by atoms with Gasteiger partial charge in [-0.2, -0.15) is 34.8 Å². The van der Waals surface area contributed by atoms with E-state index in [0.29, 0.717) is 0 Å². The van der Waals surface area contributed by atoms with Crippen molar-refractivity contribution in [2.24, 2.45) is 0 Å². The van der Waals surface area contributed by atoms with Crippen LogP contribution in [0.4, 0.5) is 26.3 Å². The van der Waals surface area contributed by atoms with Crippen LogP contribution in [-0.4, -0.2) is 33.5 Å². The molecule has 0 fully saturated rings. The predicted molar refractivity (Wildman–Crippen MR) is 136 cm³/mol. The van der Waals surface area contributed by atoms with Crippen LogP contribution >= 0.6 is 23.2 Å². The molecule has 40 heavy (non-hydrogen) atoms. The molecule has 0 spiro atoms. The van der Waals surface area contributed by atoms with Crippen molar-refractivity contribution in [2.75, 3.05) is 14.2 Å². The summed E-state index contributed by atoms with van der Waals surface area (Å²) in [6.07, 6.45) is -9.94. The molecule has 0 unspecified atom stereocenters. The van der Waals surface area contributed by atoms with Crippen molar-refractivity contribution >= 4 is 39.6 Å². The topological polar surface area (TPSA) is 89.9 Å². The van der Waals surface area contributed by atoms with Crippen molar-refractivity contribution in [2.45, 2.75) is 30.5 Å². The summed E-state index contributed by atoms with van der Waals surface area (Å²) in [7, 11) is -1.49. The van der Waals surface area contributed by atoms with Gasteiger partial charge in [0.05, 0.1) is 16.0 Å². The Kier molecular flexibility index (Phi) is 13.1. The van der Waals surface area contributed by atoms with E-state index < -0.39 is 45.5 Å². The first-order valence-electron chi connectivity index (χ1n) is 10.6.